The molecule has 0 amide bonds. The molecule has 0 spiro atoms. The Labute approximate surface area is 133 Å². The highest BCUT2D eigenvalue weighted by Gasteiger charge is 2.08. The Kier molecular flexibility index (Phi) is 5.70. The van der Waals surface area contributed by atoms with Gasteiger partial charge in [0.25, 0.3) is 0 Å². The average molecular weight is 351 g/mol. The summed E-state index contributed by atoms with van der Waals surface area (Å²) in [7, 11) is 1.71. The fourth-order valence-electron chi connectivity index (χ4n) is 1.79. The van der Waals surface area contributed by atoms with Gasteiger partial charge in [0.2, 0.25) is 5.88 Å². The molecule has 0 unspecified atom stereocenters. The standard InChI is InChI=1S/C16H19BrN2O2/c1-11(2)16-18-14(17)10-15(19-16)21-13-6-4-12(5-7-13)8-9-20-3/h4-7,10-11H,8-9H2,1-3H3. The van der Waals surface area contributed by atoms with Crippen molar-refractivity contribution in [3.8, 4) is 11.6 Å². The van der Waals surface area contributed by atoms with Gasteiger partial charge < -0.3 is 9.47 Å². The average Bonchev–Trinajstić information content (AvgIpc) is 2.46. The van der Waals surface area contributed by atoms with Gasteiger partial charge in [-0.3, -0.25) is 0 Å². The summed E-state index contributed by atoms with van der Waals surface area (Å²) in [6, 6.07) is 9.72. The molecule has 0 saturated carbocycles. The predicted octanol–water partition coefficient (Wildman–Crippen LogP) is 4.34. The molecule has 4 nitrogen and oxygen atoms in total. The molecule has 1 aromatic heterocycles. The molecule has 21 heavy (non-hydrogen) atoms. The van der Waals surface area contributed by atoms with Gasteiger partial charge in [0, 0.05) is 19.1 Å². The lowest BCUT2D eigenvalue weighted by Crippen LogP contribution is -2.00. The summed E-state index contributed by atoms with van der Waals surface area (Å²) in [5.41, 5.74) is 1.22. The summed E-state index contributed by atoms with van der Waals surface area (Å²) >= 11 is 3.39. The quantitative estimate of drug-likeness (QED) is 0.726. The number of rotatable bonds is 6. The van der Waals surface area contributed by atoms with Gasteiger partial charge in [0.1, 0.15) is 16.2 Å². The summed E-state index contributed by atoms with van der Waals surface area (Å²) in [5, 5.41) is 0. The van der Waals surface area contributed by atoms with Crippen LogP contribution in [-0.2, 0) is 11.2 Å². The number of benzene rings is 1. The minimum atomic E-state index is 0.251. The second-order valence-corrected chi connectivity index (χ2v) is 5.84. The number of hydrogen-bond acceptors (Lipinski definition) is 4. The van der Waals surface area contributed by atoms with Gasteiger partial charge in [-0.15, -0.1) is 0 Å². The Morgan fingerprint density at radius 3 is 2.48 bits per heavy atom. The summed E-state index contributed by atoms with van der Waals surface area (Å²) < 4.78 is 11.6. The number of methoxy groups -OCH3 is 1. The molecule has 0 aliphatic heterocycles. The number of hydrogen-bond donors (Lipinski definition) is 0. The molecule has 1 heterocycles. The van der Waals surface area contributed by atoms with Gasteiger partial charge >= 0.3 is 0 Å². The monoisotopic (exact) mass is 350 g/mol. The maximum Gasteiger partial charge on any atom is 0.223 e. The minimum Gasteiger partial charge on any atom is -0.439 e. The molecule has 0 saturated heterocycles. The summed E-state index contributed by atoms with van der Waals surface area (Å²) in [6.07, 6.45) is 0.896. The Balaban J connectivity index is 2.10. The minimum absolute atomic E-state index is 0.251. The van der Waals surface area contributed by atoms with Crippen LogP contribution in [-0.4, -0.2) is 23.7 Å². The van der Waals surface area contributed by atoms with Crippen molar-refractivity contribution in [2.45, 2.75) is 26.2 Å². The number of nitrogens with zero attached hydrogens (tertiary/aromatic N) is 2. The highest BCUT2D eigenvalue weighted by atomic mass is 79.9. The Morgan fingerprint density at radius 2 is 1.86 bits per heavy atom. The molecule has 0 aliphatic carbocycles. The van der Waals surface area contributed by atoms with Crippen LogP contribution in [0.2, 0.25) is 0 Å². The van der Waals surface area contributed by atoms with Gasteiger partial charge in [-0.1, -0.05) is 26.0 Å². The van der Waals surface area contributed by atoms with Crippen molar-refractivity contribution in [2.75, 3.05) is 13.7 Å². The SMILES string of the molecule is COCCc1ccc(Oc2cc(Br)nc(C(C)C)n2)cc1. The van der Waals surface area contributed by atoms with Crippen LogP contribution in [0.25, 0.3) is 0 Å². The van der Waals surface area contributed by atoms with Crippen LogP contribution in [0.4, 0.5) is 0 Å². The molecule has 2 rings (SSSR count). The van der Waals surface area contributed by atoms with Crippen molar-refractivity contribution in [3.63, 3.8) is 0 Å². The lowest BCUT2D eigenvalue weighted by molar-refractivity contribution is 0.202. The fraction of sp³-hybridized carbons (Fsp3) is 0.375. The van der Waals surface area contributed by atoms with Crippen LogP contribution < -0.4 is 4.74 Å². The van der Waals surface area contributed by atoms with E-state index in [-0.39, 0.29) is 5.92 Å². The lowest BCUT2D eigenvalue weighted by Gasteiger charge is -2.09. The van der Waals surface area contributed by atoms with Crippen LogP contribution in [0.3, 0.4) is 0 Å². The van der Waals surface area contributed by atoms with E-state index in [9.17, 15) is 0 Å². The van der Waals surface area contributed by atoms with Crippen LogP contribution in [0.15, 0.2) is 34.9 Å². The first-order chi connectivity index (χ1) is 10.1. The van der Waals surface area contributed by atoms with E-state index in [0.717, 1.165) is 29.2 Å². The molecule has 1 aromatic carbocycles. The zero-order valence-corrected chi connectivity index (χ0v) is 14.1. The van der Waals surface area contributed by atoms with E-state index in [1.54, 1.807) is 13.2 Å². The van der Waals surface area contributed by atoms with Crippen molar-refractivity contribution in [3.05, 3.63) is 46.3 Å². The first-order valence-corrected chi connectivity index (χ1v) is 7.68. The molecule has 5 heteroatoms. The summed E-state index contributed by atoms with van der Waals surface area (Å²) in [4.78, 5) is 8.75. The molecule has 0 bridgehead atoms. The van der Waals surface area contributed by atoms with Crippen molar-refractivity contribution < 1.29 is 9.47 Å². The molecule has 112 valence electrons. The van der Waals surface area contributed by atoms with Gasteiger partial charge in [-0.25, -0.2) is 4.98 Å². The van der Waals surface area contributed by atoms with Crippen LogP contribution in [0.5, 0.6) is 11.6 Å². The van der Waals surface area contributed by atoms with Crippen molar-refractivity contribution in [1.29, 1.82) is 0 Å². The van der Waals surface area contributed by atoms with Crippen molar-refractivity contribution >= 4 is 15.9 Å². The van der Waals surface area contributed by atoms with Crippen LogP contribution in [0.1, 0.15) is 31.2 Å². The Bertz CT molecular complexity index is 585. The van der Waals surface area contributed by atoms with Crippen LogP contribution >= 0.6 is 15.9 Å². The summed E-state index contributed by atoms with van der Waals surface area (Å²) in [6.45, 7) is 4.82. The van der Waals surface area contributed by atoms with E-state index in [1.165, 1.54) is 5.56 Å². The third kappa shape index (κ3) is 4.79. The Morgan fingerprint density at radius 1 is 1.14 bits per heavy atom. The molecule has 2 aromatic rings. The zero-order chi connectivity index (χ0) is 15.2. The molecular weight excluding hydrogens is 332 g/mol. The number of aromatic nitrogens is 2. The van der Waals surface area contributed by atoms with E-state index in [0.29, 0.717) is 5.88 Å². The van der Waals surface area contributed by atoms with E-state index in [2.05, 4.69) is 39.7 Å². The smallest absolute Gasteiger partial charge is 0.223 e. The van der Waals surface area contributed by atoms with Crippen molar-refractivity contribution in [1.82, 2.24) is 9.97 Å². The van der Waals surface area contributed by atoms with Gasteiger partial charge in [0.15, 0.2) is 0 Å². The maximum atomic E-state index is 5.80. The van der Waals surface area contributed by atoms with Gasteiger partial charge in [0.05, 0.1) is 6.61 Å². The zero-order valence-electron chi connectivity index (χ0n) is 12.5. The highest BCUT2D eigenvalue weighted by Crippen LogP contribution is 2.24. The van der Waals surface area contributed by atoms with E-state index in [4.69, 9.17) is 9.47 Å². The normalized spacial score (nSPS) is 10.9. The molecular formula is C16H19BrN2O2. The van der Waals surface area contributed by atoms with E-state index in [1.807, 2.05) is 24.3 Å². The van der Waals surface area contributed by atoms with E-state index < -0.39 is 0 Å². The number of ether oxygens (including phenoxy) is 2. The van der Waals surface area contributed by atoms with Crippen LogP contribution in [0, 0.1) is 0 Å². The third-order valence-electron chi connectivity index (χ3n) is 2.95. The highest BCUT2D eigenvalue weighted by molar-refractivity contribution is 9.10. The molecule has 0 N–H and O–H groups in total. The summed E-state index contributed by atoms with van der Waals surface area (Å²) in [5.74, 6) is 2.32. The number of halogens is 1. The first-order valence-electron chi connectivity index (χ1n) is 6.88. The second-order valence-electron chi connectivity index (χ2n) is 5.03. The Hall–Kier alpha value is -1.46. The fourth-order valence-corrected chi connectivity index (χ4v) is 2.17. The van der Waals surface area contributed by atoms with E-state index >= 15 is 0 Å². The van der Waals surface area contributed by atoms with Gasteiger partial charge in [-0.2, -0.15) is 4.98 Å². The topological polar surface area (TPSA) is 44.2 Å². The van der Waals surface area contributed by atoms with Gasteiger partial charge in [-0.05, 0) is 40.0 Å². The third-order valence-corrected chi connectivity index (χ3v) is 3.35. The predicted molar refractivity (Wildman–Crippen MR) is 85.9 cm³/mol. The molecule has 0 atom stereocenters. The second kappa shape index (κ2) is 7.52. The first kappa shape index (κ1) is 15.9. The van der Waals surface area contributed by atoms with Crippen molar-refractivity contribution in [2.24, 2.45) is 0 Å². The maximum absolute atomic E-state index is 5.80. The lowest BCUT2D eigenvalue weighted by atomic mass is 10.1. The largest absolute Gasteiger partial charge is 0.439 e. The molecule has 0 radical (unpaired) electrons. The molecule has 0 fully saturated rings. The molecule has 0 aliphatic rings.